The summed E-state index contributed by atoms with van der Waals surface area (Å²) in [7, 11) is 0. The van der Waals surface area contributed by atoms with Crippen LogP contribution in [-0.4, -0.2) is 20.3 Å². The van der Waals surface area contributed by atoms with Gasteiger partial charge in [-0.3, -0.25) is 4.79 Å². The molecule has 146 valence electrons. The molecule has 4 rings (SSSR count). The van der Waals surface area contributed by atoms with E-state index < -0.39 is 17.5 Å². The van der Waals surface area contributed by atoms with Crippen molar-refractivity contribution >= 4 is 11.6 Å². The number of carbonyl (C=O) groups excluding carboxylic acids is 1. The molecule has 0 aliphatic rings. The highest BCUT2D eigenvalue weighted by atomic mass is 19.1. The van der Waals surface area contributed by atoms with Gasteiger partial charge in [0.2, 0.25) is 0 Å². The summed E-state index contributed by atoms with van der Waals surface area (Å²) in [6.45, 7) is 3.69. The first-order chi connectivity index (χ1) is 13.9. The van der Waals surface area contributed by atoms with Gasteiger partial charge in [0.05, 0.1) is 17.1 Å². The number of rotatable bonds is 4. The van der Waals surface area contributed by atoms with Crippen molar-refractivity contribution < 1.29 is 13.6 Å². The van der Waals surface area contributed by atoms with Crippen LogP contribution in [0.3, 0.4) is 0 Å². The van der Waals surface area contributed by atoms with E-state index >= 15 is 0 Å². The summed E-state index contributed by atoms with van der Waals surface area (Å²) in [5.74, 6) is -1.56. The Labute approximate surface area is 166 Å². The van der Waals surface area contributed by atoms with Gasteiger partial charge in [0, 0.05) is 18.5 Å². The van der Waals surface area contributed by atoms with Gasteiger partial charge >= 0.3 is 0 Å². The van der Waals surface area contributed by atoms with Crippen LogP contribution in [0.25, 0.3) is 11.5 Å². The highest BCUT2D eigenvalue weighted by Gasteiger charge is 2.24. The molecular weight excluding hydrogens is 374 g/mol. The van der Waals surface area contributed by atoms with E-state index in [4.69, 9.17) is 0 Å². The van der Waals surface area contributed by atoms with E-state index in [1.54, 1.807) is 28.6 Å². The number of aromatic nitrogens is 3. The van der Waals surface area contributed by atoms with Gasteiger partial charge < -0.3 is 9.88 Å². The van der Waals surface area contributed by atoms with Crippen LogP contribution >= 0.6 is 0 Å². The van der Waals surface area contributed by atoms with Crippen molar-refractivity contribution in [1.29, 1.82) is 0 Å². The Morgan fingerprint density at radius 2 is 1.76 bits per heavy atom. The molecule has 1 N–H and O–H groups in total. The topological polar surface area (TPSA) is 51.9 Å². The molecule has 0 unspecified atom stereocenters. The summed E-state index contributed by atoms with van der Waals surface area (Å²) in [4.78, 5) is 13.1. The second-order valence-electron chi connectivity index (χ2n) is 6.70. The molecule has 0 aliphatic heterocycles. The quantitative estimate of drug-likeness (QED) is 0.542. The molecule has 4 aromatic rings. The molecule has 0 saturated carbocycles. The smallest absolute Gasteiger partial charge is 0.261 e. The van der Waals surface area contributed by atoms with Gasteiger partial charge in [-0.25, -0.2) is 13.5 Å². The number of anilines is 1. The highest BCUT2D eigenvalue weighted by Crippen LogP contribution is 2.25. The summed E-state index contributed by atoms with van der Waals surface area (Å²) >= 11 is 0. The SMILES string of the molecule is Cc1cccc(-n2nc(C)c(C(=O)Nc3ccc(F)cc3F)c2-n2cccc2)c1. The molecule has 29 heavy (non-hydrogen) atoms. The Morgan fingerprint density at radius 1 is 1.00 bits per heavy atom. The van der Waals surface area contributed by atoms with Crippen molar-refractivity contribution in [3.8, 4) is 11.5 Å². The van der Waals surface area contributed by atoms with E-state index in [0.29, 0.717) is 17.1 Å². The second kappa shape index (κ2) is 7.35. The number of halogens is 2. The number of nitrogens with one attached hydrogen (secondary N) is 1. The predicted molar refractivity (Wildman–Crippen MR) is 107 cm³/mol. The van der Waals surface area contributed by atoms with E-state index in [0.717, 1.165) is 23.4 Å². The van der Waals surface area contributed by atoms with Crippen LogP contribution < -0.4 is 5.32 Å². The fourth-order valence-electron chi connectivity index (χ4n) is 3.21. The molecule has 5 nitrogen and oxygen atoms in total. The van der Waals surface area contributed by atoms with Crippen molar-refractivity contribution in [3.63, 3.8) is 0 Å². The number of amides is 1. The summed E-state index contributed by atoms with van der Waals surface area (Å²) in [5.41, 5.74) is 2.52. The average molecular weight is 392 g/mol. The molecule has 0 bridgehead atoms. The van der Waals surface area contributed by atoms with E-state index in [1.807, 2.05) is 43.3 Å². The van der Waals surface area contributed by atoms with Gasteiger partial charge in [-0.2, -0.15) is 5.10 Å². The average Bonchev–Trinajstić information content (AvgIpc) is 3.31. The van der Waals surface area contributed by atoms with Crippen LogP contribution in [0, 0.1) is 25.5 Å². The lowest BCUT2D eigenvalue weighted by molar-refractivity contribution is 0.102. The molecule has 0 saturated heterocycles. The summed E-state index contributed by atoms with van der Waals surface area (Å²) < 4.78 is 30.7. The van der Waals surface area contributed by atoms with Crippen LogP contribution in [0.5, 0.6) is 0 Å². The zero-order chi connectivity index (χ0) is 20.5. The zero-order valence-corrected chi connectivity index (χ0v) is 15.9. The molecule has 0 radical (unpaired) electrons. The fraction of sp³-hybridized carbons (Fsp3) is 0.0909. The lowest BCUT2D eigenvalue weighted by Crippen LogP contribution is -2.17. The Kier molecular flexibility index (Phi) is 4.72. The molecule has 2 heterocycles. The maximum atomic E-state index is 14.0. The molecule has 7 heteroatoms. The Hall–Kier alpha value is -3.74. The Morgan fingerprint density at radius 3 is 2.45 bits per heavy atom. The standard InChI is InChI=1S/C22H18F2N4O/c1-14-6-5-7-17(12-14)28-22(27-10-3-4-11-27)20(15(2)26-28)21(29)25-19-9-8-16(23)13-18(19)24/h3-13H,1-2H3,(H,25,29). The van der Waals surface area contributed by atoms with E-state index in [1.165, 1.54) is 6.07 Å². The minimum absolute atomic E-state index is 0.0995. The third-order valence-corrected chi connectivity index (χ3v) is 4.54. The van der Waals surface area contributed by atoms with Crippen LogP contribution in [0.2, 0.25) is 0 Å². The molecule has 0 fully saturated rings. The Bertz CT molecular complexity index is 1200. The largest absolute Gasteiger partial charge is 0.319 e. The third-order valence-electron chi connectivity index (χ3n) is 4.54. The monoisotopic (exact) mass is 392 g/mol. The summed E-state index contributed by atoms with van der Waals surface area (Å²) in [5, 5.41) is 7.08. The maximum absolute atomic E-state index is 14.0. The van der Waals surface area contributed by atoms with Crippen LogP contribution in [0.15, 0.2) is 67.0 Å². The number of nitrogens with zero attached hydrogens (tertiary/aromatic N) is 3. The van der Waals surface area contributed by atoms with Gasteiger partial charge in [0.1, 0.15) is 17.2 Å². The van der Waals surface area contributed by atoms with Crippen molar-refractivity contribution in [1.82, 2.24) is 14.3 Å². The summed E-state index contributed by atoms with van der Waals surface area (Å²) in [6.07, 6.45) is 3.61. The molecule has 2 aromatic carbocycles. The lowest BCUT2D eigenvalue weighted by Gasteiger charge is -2.12. The van der Waals surface area contributed by atoms with Crippen LogP contribution in [-0.2, 0) is 0 Å². The third kappa shape index (κ3) is 3.54. The first-order valence-electron chi connectivity index (χ1n) is 9.00. The molecule has 1 amide bonds. The van der Waals surface area contributed by atoms with Gasteiger partial charge in [-0.1, -0.05) is 12.1 Å². The number of aryl methyl sites for hydroxylation is 2. The molecular formula is C22H18F2N4O. The Balaban J connectivity index is 1.84. The highest BCUT2D eigenvalue weighted by molar-refractivity contribution is 6.07. The maximum Gasteiger partial charge on any atom is 0.261 e. The first kappa shape index (κ1) is 18.6. The number of benzene rings is 2. The van der Waals surface area contributed by atoms with Crippen LogP contribution in [0.4, 0.5) is 14.5 Å². The number of hydrogen-bond donors (Lipinski definition) is 1. The van der Waals surface area contributed by atoms with Gasteiger partial charge in [0.25, 0.3) is 5.91 Å². The number of hydrogen-bond acceptors (Lipinski definition) is 2. The van der Waals surface area contributed by atoms with Gasteiger partial charge in [0.15, 0.2) is 5.82 Å². The minimum atomic E-state index is -0.843. The van der Waals surface area contributed by atoms with Gasteiger partial charge in [-0.15, -0.1) is 0 Å². The number of carbonyl (C=O) groups is 1. The summed E-state index contributed by atoms with van der Waals surface area (Å²) in [6, 6.07) is 14.4. The zero-order valence-electron chi connectivity index (χ0n) is 15.9. The van der Waals surface area contributed by atoms with Crippen molar-refractivity contribution in [2.45, 2.75) is 13.8 Å². The van der Waals surface area contributed by atoms with E-state index in [-0.39, 0.29) is 5.69 Å². The van der Waals surface area contributed by atoms with Crippen LogP contribution in [0.1, 0.15) is 21.6 Å². The molecule has 0 aliphatic carbocycles. The predicted octanol–water partition coefficient (Wildman–Crippen LogP) is 4.81. The first-order valence-corrected chi connectivity index (χ1v) is 9.00. The lowest BCUT2D eigenvalue weighted by atomic mass is 10.2. The van der Waals surface area contributed by atoms with Gasteiger partial charge in [-0.05, 0) is 55.8 Å². The van der Waals surface area contributed by atoms with E-state index in [9.17, 15) is 13.6 Å². The van der Waals surface area contributed by atoms with Crippen molar-refractivity contribution in [2.75, 3.05) is 5.32 Å². The molecule has 2 aromatic heterocycles. The molecule has 0 atom stereocenters. The second-order valence-corrected chi connectivity index (χ2v) is 6.70. The van der Waals surface area contributed by atoms with Crippen molar-refractivity contribution in [3.05, 3.63) is 95.4 Å². The van der Waals surface area contributed by atoms with Crippen molar-refractivity contribution in [2.24, 2.45) is 0 Å². The molecule has 0 spiro atoms. The fourth-order valence-corrected chi connectivity index (χ4v) is 3.21. The minimum Gasteiger partial charge on any atom is -0.319 e. The van der Waals surface area contributed by atoms with E-state index in [2.05, 4.69) is 10.4 Å². The normalized spacial score (nSPS) is 10.9.